The summed E-state index contributed by atoms with van der Waals surface area (Å²) in [5.41, 5.74) is 6.65. The third-order valence-corrected chi connectivity index (χ3v) is 2.85. The lowest BCUT2D eigenvalue weighted by Crippen LogP contribution is -2.01. The summed E-state index contributed by atoms with van der Waals surface area (Å²) in [6.07, 6.45) is 0. The Bertz CT molecular complexity index is 590. The summed E-state index contributed by atoms with van der Waals surface area (Å²) in [6, 6.07) is 9.49. The molecule has 0 aliphatic rings. The van der Waals surface area contributed by atoms with Crippen LogP contribution in [0.25, 0.3) is 0 Å². The van der Waals surface area contributed by atoms with E-state index in [2.05, 4.69) is 0 Å². The Morgan fingerprint density at radius 3 is 2.68 bits per heavy atom. The molecule has 0 aliphatic heterocycles. The Kier molecular flexibility index (Phi) is 4.12. The fourth-order valence-corrected chi connectivity index (χ4v) is 1.72. The highest BCUT2D eigenvalue weighted by molar-refractivity contribution is 6.30. The minimum absolute atomic E-state index is 0.0698. The molecule has 0 aromatic heterocycles. The zero-order valence-corrected chi connectivity index (χ0v) is 11.1. The number of hydrogen-bond acceptors (Lipinski definition) is 3. The van der Waals surface area contributed by atoms with Gasteiger partial charge in [0.15, 0.2) is 0 Å². The summed E-state index contributed by atoms with van der Waals surface area (Å²) in [7, 11) is 1.55. The average molecular weight is 282 g/mol. The Hall–Kier alpha value is -1.94. The van der Waals surface area contributed by atoms with Gasteiger partial charge in [0, 0.05) is 16.7 Å². The van der Waals surface area contributed by atoms with Gasteiger partial charge in [-0.05, 0) is 24.3 Å². The summed E-state index contributed by atoms with van der Waals surface area (Å²) < 4.78 is 24.2. The Morgan fingerprint density at radius 1 is 1.21 bits per heavy atom. The molecule has 2 aromatic rings. The molecule has 0 aliphatic carbocycles. The number of anilines is 1. The summed E-state index contributed by atoms with van der Waals surface area (Å²) in [6.45, 7) is 0.0698. The summed E-state index contributed by atoms with van der Waals surface area (Å²) in [5, 5.41) is 0.349. The van der Waals surface area contributed by atoms with Crippen LogP contribution in [0.1, 0.15) is 5.56 Å². The van der Waals surface area contributed by atoms with Crippen LogP contribution in [0, 0.1) is 5.82 Å². The largest absolute Gasteiger partial charge is 0.497 e. The van der Waals surface area contributed by atoms with Crippen LogP contribution in [0.2, 0.25) is 5.02 Å². The van der Waals surface area contributed by atoms with Crippen LogP contribution in [0.4, 0.5) is 10.1 Å². The molecule has 2 rings (SSSR count). The Labute approximate surface area is 115 Å². The van der Waals surface area contributed by atoms with Crippen molar-refractivity contribution in [1.29, 1.82) is 0 Å². The molecule has 0 unspecified atom stereocenters. The molecule has 5 heteroatoms. The number of ether oxygens (including phenoxy) is 2. The molecule has 0 atom stereocenters. The number of nitrogens with two attached hydrogens (primary N) is 1. The highest BCUT2D eigenvalue weighted by Gasteiger charge is 2.07. The van der Waals surface area contributed by atoms with Crippen LogP contribution in [-0.4, -0.2) is 7.11 Å². The number of nitrogen functional groups attached to an aromatic ring is 1. The number of methoxy groups -OCH3 is 1. The van der Waals surface area contributed by atoms with Crippen LogP contribution in [-0.2, 0) is 6.61 Å². The van der Waals surface area contributed by atoms with E-state index in [9.17, 15) is 4.39 Å². The number of benzene rings is 2. The van der Waals surface area contributed by atoms with Crippen molar-refractivity contribution in [3.05, 3.63) is 52.8 Å². The first kappa shape index (κ1) is 13.5. The molecule has 3 nitrogen and oxygen atoms in total. The first-order chi connectivity index (χ1) is 9.10. The van der Waals surface area contributed by atoms with E-state index >= 15 is 0 Å². The first-order valence-electron chi connectivity index (χ1n) is 5.60. The third kappa shape index (κ3) is 3.29. The maximum absolute atomic E-state index is 13.6. The zero-order chi connectivity index (χ0) is 13.8. The molecule has 0 radical (unpaired) electrons. The van der Waals surface area contributed by atoms with E-state index in [4.69, 9.17) is 26.8 Å². The van der Waals surface area contributed by atoms with E-state index in [1.165, 1.54) is 6.07 Å². The van der Waals surface area contributed by atoms with E-state index in [1.807, 2.05) is 0 Å². The first-order valence-corrected chi connectivity index (χ1v) is 5.98. The molecule has 0 fully saturated rings. The molecule has 0 amide bonds. The second kappa shape index (κ2) is 5.80. The topological polar surface area (TPSA) is 44.5 Å². The maximum Gasteiger partial charge on any atom is 0.146 e. The molecule has 0 heterocycles. The second-order valence-corrected chi connectivity index (χ2v) is 4.36. The van der Waals surface area contributed by atoms with Crippen molar-refractivity contribution in [3.8, 4) is 11.5 Å². The Balaban J connectivity index is 2.14. The van der Waals surface area contributed by atoms with Gasteiger partial charge in [-0.1, -0.05) is 17.7 Å². The molecule has 0 bridgehead atoms. The average Bonchev–Trinajstić information content (AvgIpc) is 2.39. The highest BCUT2D eigenvalue weighted by atomic mass is 35.5. The van der Waals surface area contributed by atoms with Gasteiger partial charge in [0.05, 0.1) is 12.8 Å². The van der Waals surface area contributed by atoms with Gasteiger partial charge in [0.1, 0.15) is 23.9 Å². The van der Waals surface area contributed by atoms with E-state index < -0.39 is 5.82 Å². The molecule has 19 heavy (non-hydrogen) atoms. The van der Waals surface area contributed by atoms with E-state index in [0.29, 0.717) is 27.8 Å². The smallest absolute Gasteiger partial charge is 0.146 e. The second-order valence-electron chi connectivity index (χ2n) is 3.93. The summed E-state index contributed by atoms with van der Waals surface area (Å²) >= 11 is 5.68. The lowest BCUT2D eigenvalue weighted by molar-refractivity contribution is 0.299. The lowest BCUT2D eigenvalue weighted by atomic mass is 10.2. The van der Waals surface area contributed by atoms with Gasteiger partial charge in [-0.15, -0.1) is 0 Å². The predicted molar refractivity (Wildman–Crippen MR) is 73.1 cm³/mol. The number of halogens is 2. The normalized spacial score (nSPS) is 10.3. The van der Waals surface area contributed by atoms with Crippen LogP contribution in [0.5, 0.6) is 11.5 Å². The van der Waals surface area contributed by atoms with Gasteiger partial charge in [0.2, 0.25) is 0 Å². The van der Waals surface area contributed by atoms with Gasteiger partial charge in [-0.2, -0.15) is 0 Å². The molecule has 0 saturated carbocycles. The maximum atomic E-state index is 13.6. The van der Waals surface area contributed by atoms with Gasteiger partial charge in [-0.3, -0.25) is 0 Å². The Morgan fingerprint density at radius 2 is 2.00 bits per heavy atom. The monoisotopic (exact) mass is 281 g/mol. The molecule has 2 aromatic carbocycles. The van der Waals surface area contributed by atoms with Crippen molar-refractivity contribution >= 4 is 17.3 Å². The molecule has 0 saturated heterocycles. The van der Waals surface area contributed by atoms with E-state index in [1.54, 1.807) is 37.4 Å². The fraction of sp³-hybridized carbons (Fsp3) is 0.143. The number of rotatable bonds is 4. The van der Waals surface area contributed by atoms with E-state index in [-0.39, 0.29) is 6.61 Å². The summed E-state index contributed by atoms with van der Waals surface area (Å²) in [5.74, 6) is 0.670. The third-order valence-electron chi connectivity index (χ3n) is 2.62. The highest BCUT2D eigenvalue weighted by Crippen LogP contribution is 2.27. The van der Waals surface area contributed by atoms with Crippen molar-refractivity contribution in [2.24, 2.45) is 0 Å². The predicted octanol–water partition coefficient (Wildman–Crippen LogP) is 3.65. The molecular formula is C14H13ClFNO2. The molecule has 0 spiro atoms. The van der Waals surface area contributed by atoms with E-state index in [0.717, 1.165) is 0 Å². The van der Waals surface area contributed by atoms with Gasteiger partial charge >= 0.3 is 0 Å². The standard InChI is InChI=1S/C14H13ClFNO2/c1-18-11-4-5-13(17)14(7-11)19-8-9-2-3-10(15)6-12(9)16/h2-7H,8,17H2,1H3. The fourth-order valence-electron chi connectivity index (χ4n) is 1.56. The van der Waals surface area contributed by atoms with Gasteiger partial charge in [-0.25, -0.2) is 4.39 Å². The van der Waals surface area contributed by atoms with Crippen molar-refractivity contribution in [2.45, 2.75) is 6.61 Å². The van der Waals surface area contributed by atoms with Crippen LogP contribution in [0.15, 0.2) is 36.4 Å². The lowest BCUT2D eigenvalue weighted by Gasteiger charge is -2.11. The van der Waals surface area contributed by atoms with Crippen molar-refractivity contribution in [1.82, 2.24) is 0 Å². The van der Waals surface area contributed by atoms with Crippen molar-refractivity contribution in [2.75, 3.05) is 12.8 Å². The summed E-state index contributed by atoms with van der Waals surface area (Å²) in [4.78, 5) is 0. The zero-order valence-electron chi connectivity index (χ0n) is 10.3. The van der Waals surface area contributed by atoms with Crippen LogP contribution >= 0.6 is 11.6 Å². The van der Waals surface area contributed by atoms with Crippen LogP contribution < -0.4 is 15.2 Å². The quantitative estimate of drug-likeness (QED) is 0.870. The minimum atomic E-state index is -0.408. The molecular weight excluding hydrogens is 269 g/mol. The molecule has 100 valence electrons. The SMILES string of the molecule is COc1ccc(N)c(OCc2ccc(Cl)cc2F)c1. The molecule has 2 N–H and O–H groups in total. The van der Waals surface area contributed by atoms with Gasteiger partial charge in [0.25, 0.3) is 0 Å². The number of hydrogen-bond donors (Lipinski definition) is 1. The van der Waals surface area contributed by atoms with Gasteiger partial charge < -0.3 is 15.2 Å². The minimum Gasteiger partial charge on any atom is -0.497 e. The van der Waals surface area contributed by atoms with Crippen molar-refractivity contribution in [3.63, 3.8) is 0 Å². The van der Waals surface area contributed by atoms with Crippen LogP contribution in [0.3, 0.4) is 0 Å². The van der Waals surface area contributed by atoms with Crippen molar-refractivity contribution < 1.29 is 13.9 Å².